The van der Waals surface area contributed by atoms with E-state index in [1.807, 2.05) is 0 Å². The van der Waals surface area contributed by atoms with Crippen molar-refractivity contribution in [3.63, 3.8) is 0 Å². The van der Waals surface area contributed by atoms with Gasteiger partial charge in [0, 0.05) is 13.2 Å². The lowest BCUT2D eigenvalue weighted by Gasteiger charge is -2.36. The molecule has 1 aliphatic carbocycles. The molecule has 2 aromatic rings. The van der Waals surface area contributed by atoms with E-state index in [1.54, 1.807) is 36.5 Å². The molecular weight excluding hydrogens is 366 g/mol. The van der Waals surface area contributed by atoms with E-state index in [2.05, 4.69) is 15.5 Å². The number of amides is 1. The summed E-state index contributed by atoms with van der Waals surface area (Å²) in [6.07, 6.45) is 4.69. The molecule has 27 heavy (non-hydrogen) atoms. The van der Waals surface area contributed by atoms with Gasteiger partial charge in [-0.1, -0.05) is 18.2 Å². The van der Waals surface area contributed by atoms with Crippen molar-refractivity contribution in [3.8, 4) is 0 Å². The van der Waals surface area contributed by atoms with Crippen LogP contribution in [0.25, 0.3) is 0 Å². The molecule has 1 amide bonds. The fourth-order valence-electron chi connectivity index (χ4n) is 4.04. The molecule has 7 nitrogen and oxygen atoms in total. The van der Waals surface area contributed by atoms with E-state index in [1.165, 1.54) is 0 Å². The normalized spacial score (nSPS) is 22.0. The van der Waals surface area contributed by atoms with Crippen LogP contribution in [0.15, 0.2) is 41.4 Å². The number of nitrogens with one attached hydrogen (secondary N) is 2. The Morgan fingerprint density at radius 2 is 1.96 bits per heavy atom. The Bertz CT molecular complexity index is 917. The molecule has 0 saturated carbocycles. The van der Waals surface area contributed by atoms with Crippen LogP contribution in [-0.4, -0.2) is 42.5 Å². The molecule has 1 unspecified atom stereocenters. The van der Waals surface area contributed by atoms with Crippen molar-refractivity contribution in [2.24, 2.45) is 0 Å². The number of rotatable bonds is 4. The summed E-state index contributed by atoms with van der Waals surface area (Å²) in [6.45, 7) is 0.499. The first-order valence-electron chi connectivity index (χ1n) is 9.25. The molecule has 1 atom stereocenters. The maximum atomic E-state index is 13.5. The molecule has 0 radical (unpaired) electrons. The predicted molar refractivity (Wildman–Crippen MR) is 98.8 cm³/mol. The van der Waals surface area contributed by atoms with Crippen LogP contribution in [-0.2, 0) is 25.8 Å². The number of carbonyl (C=O) groups excluding carboxylic acids is 1. The van der Waals surface area contributed by atoms with E-state index < -0.39 is 20.5 Å². The van der Waals surface area contributed by atoms with E-state index in [-0.39, 0.29) is 37.0 Å². The molecular formula is C19H23N3O4S. The summed E-state index contributed by atoms with van der Waals surface area (Å²) in [7, 11) is -3.86. The third-order valence-corrected chi connectivity index (χ3v) is 8.14. The fraction of sp³-hybridized carbons (Fsp3) is 0.474. The lowest BCUT2D eigenvalue weighted by Crippen LogP contribution is -2.56. The number of hydrogen-bond donors (Lipinski definition) is 2. The van der Waals surface area contributed by atoms with Gasteiger partial charge in [-0.3, -0.25) is 9.89 Å². The summed E-state index contributed by atoms with van der Waals surface area (Å²) in [5.41, 5.74) is 1.97. The Hall–Kier alpha value is -2.19. The highest BCUT2D eigenvalue weighted by molar-refractivity contribution is 7.93. The SMILES string of the molecule is O=C(NC1CCCc2cn[nH]c21)C1(S(=O)(=O)c2ccccc2)CCOCC1. The molecule has 2 N–H and O–H groups in total. The maximum absolute atomic E-state index is 13.5. The first kappa shape index (κ1) is 18.2. The second-order valence-electron chi connectivity index (χ2n) is 7.15. The second kappa shape index (κ2) is 7.09. The quantitative estimate of drug-likeness (QED) is 0.832. The van der Waals surface area contributed by atoms with Crippen molar-refractivity contribution in [1.29, 1.82) is 0 Å². The van der Waals surface area contributed by atoms with Gasteiger partial charge in [-0.25, -0.2) is 8.42 Å². The van der Waals surface area contributed by atoms with Crippen LogP contribution < -0.4 is 5.32 Å². The number of aryl methyl sites for hydroxylation is 1. The third kappa shape index (κ3) is 3.06. The molecule has 2 heterocycles. The van der Waals surface area contributed by atoms with Crippen molar-refractivity contribution >= 4 is 15.7 Å². The number of ether oxygens (including phenoxy) is 1. The third-order valence-electron chi connectivity index (χ3n) is 5.63. The van der Waals surface area contributed by atoms with Crippen molar-refractivity contribution in [1.82, 2.24) is 15.5 Å². The Kier molecular flexibility index (Phi) is 4.77. The van der Waals surface area contributed by atoms with Gasteiger partial charge >= 0.3 is 0 Å². The van der Waals surface area contributed by atoms with Crippen LogP contribution in [0, 0.1) is 0 Å². The zero-order valence-corrected chi connectivity index (χ0v) is 15.8. The Labute approximate surface area is 158 Å². The Morgan fingerprint density at radius 3 is 2.70 bits per heavy atom. The molecule has 1 aliphatic heterocycles. The number of benzene rings is 1. The summed E-state index contributed by atoms with van der Waals surface area (Å²) in [6, 6.07) is 7.97. The minimum Gasteiger partial charge on any atom is -0.381 e. The minimum absolute atomic E-state index is 0.151. The first-order chi connectivity index (χ1) is 13.0. The van der Waals surface area contributed by atoms with Crippen LogP contribution in [0.5, 0.6) is 0 Å². The molecule has 4 rings (SSSR count). The van der Waals surface area contributed by atoms with Gasteiger partial charge in [0.25, 0.3) is 0 Å². The number of nitrogens with zero attached hydrogens (tertiary/aromatic N) is 1. The van der Waals surface area contributed by atoms with Gasteiger partial charge in [0.05, 0.1) is 22.8 Å². The lowest BCUT2D eigenvalue weighted by atomic mass is 9.92. The molecule has 1 aromatic heterocycles. The van der Waals surface area contributed by atoms with E-state index >= 15 is 0 Å². The predicted octanol–water partition coefficient (Wildman–Crippen LogP) is 1.93. The molecule has 0 bridgehead atoms. The Balaban J connectivity index is 1.68. The van der Waals surface area contributed by atoms with E-state index in [0.29, 0.717) is 0 Å². The van der Waals surface area contributed by atoms with E-state index in [0.717, 1.165) is 30.5 Å². The van der Waals surface area contributed by atoms with Gasteiger partial charge in [0.15, 0.2) is 14.6 Å². The van der Waals surface area contributed by atoms with Crippen molar-refractivity contribution < 1.29 is 17.9 Å². The highest BCUT2D eigenvalue weighted by Gasteiger charge is 2.52. The van der Waals surface area contributed by atoms with E-state index in [4.69, 9.17) is 4.74 Å². The average molecular weight is 389 g/mol. The topological polar surface area (TPSA) is 101 Å². The lowest BCUT2D eigenvalue weighted by molar-refractivity contribution is -0.127. The molecule has 144 valence electrons. The molecule has 2 aliphatic rings. The standard InChI is InChI=1S/C19H23N3O4S/c23-18(21-16-8-4-5-14-13-20-22-17(14)16)19(9-11-26-12-10-19)27(24,25)15-6-2-1-3-7-15/h1-3,6-7,13,16H,4-5,8-12H2,(H,20,22)(H,21,23). The van der Waals surface area contributed by atoms with Crippen LogP contribution in [0.1, 0.15) is 43.0 Å². The van der Waals surface area contributed by atoms with Crippen LogP contribution in [0.2, 0.25) is 0 Å². The van der Waals surface area contributed by atoms with Gasteiger partial charge in [-0.15, -0.1) is 0 Å². The monoisotopic (exact) mass is 389 g/mol. The molecule has 8 heteroatoms. The number of H-pyrrole nitrogens is 1. The van der Waals surface area contributed by atoms with Gasteiger partial charge < -0.3 is 10.1 Å². The smallest absolute Gasteiger partial charge is 0.242 e. The number of aromatic nitrogens is 2. The number of sulfone groups is 1. The molecule has 0 spiro atoms. The number of fused-ring (bicyclic) bond motifs is 1. The summed E-state index contributed by atoms with van der Waals surface area (Å²) < 4.78 is 30.8. The van der Waals surface area contributed by atoms with Gasteiger partial charge in [0.2, 0.25) is 5.91 Å². The fourth-order valence-corrected chi connectivity index (χ4v) is 6.02. The summed E-state index contributed by atoms with van der Waals surface area (Å²) in [4.78, 5) is 13.5. The second-order valence-corrected chi connectivity index (χ2v) is 9.41. The number of carbonyl (C=O) groups is 1. The van der Waals surface area contributed by atoms with Crippen molar-refractivity contribution in [2.45, 2.75) is 47.8 Å². The van der Waals surface area contributed by atoms with Crippen LogP contribution >= 0.6 is 0 Å². The van der Waals surface area contributed by atoms with Crippen molar-refractivity contribution in [2.75, 3.05) is 13.2 Å². The summed E-state index contributed by atoms with van der Waals surface area (Å²) in [5, 5.41) is 10.0. The summed E-state index contributed by atoms with van der Waals surface area (Å²) >= 11 is 0. The van der Waals surface area contributed by atoms with Gasteiger partial charge in [-0.05, 0) is 49.8 Å². The van der Waals surface area contributed by atoms with Crippen molar-refractivity contribution in [3.05, 3.63) is 47.8 Å². The van der Waals surface area contributed by atoms with Gasteiger partial charge in [0.1, 0.15) is 0 Å². The average Bonchev–Trinajstić information content (AvgIpc) is 3.19. The van der Waals surface area contributed by atoms with Crippen LogP contribution in [0.4, 0.5) is 0 Å². The minimum atomic E-state index is -3.86. The highest BCUT2D eigenvalue weighted by Crippen LogP contribution is 2.37. The highest BCUT2D eigenvalue weighted by atomic mass is 32.2. The first-order valence-corrected chi connectivity index (χ1v) is 10.7. The molecule has 1 fully saturated rings. The Morgan fingerprint density at radius 1 is 1.22 bits per heavy atom. The number of aromatic amines is 1. The van der Waals surface area contributed by atoms with Gasteiger partial charge in [-0.2, -0.15) is 5.10 Å². The molecule has 1 aromatic carbocycles. The summed E-state index contributed by atoms with van der Waals surface area (Å²) in [5.74, 6) is -0.442. The zero-order chi connectivity index (χ0) is 18.9. The molecule has 1 saturated heterocycles. The zero-order valence-electron chi connectivity index (χ0n) is 15.0. The maximum Gasteiger partial charge on any atom is 0.242 e. The van der Waals surface area contributed by atoms with E-state index in [9.17, 15) is 13.2 Å². The van der Waals surface area contributed by atoms with Crippen LogP contribution in [0.3, 0.4) is 0 Å². The number of hydrogen-bond acceptors (Lipinski definition) is 5. The largest absolute Gasteiger partial charge is 0.381 e.